The molecule has 1 unspecified atom stereocenters. The van der Waals surface area contributed by atoms with Crippen molar-refractivity contribution in [2.75, 3.05) is 7.11 Å². The van der Waals surface area contributed by atoms with Gasteiger partial charge in [-0.25, -0.2) is 0 Å². The van der Waals surface area contributed by atoms with Crippen molar-refractivity contribution in [3.63, 3.8) is 0 Å². The van der Waals surface area contributed by atoms with Crippen molar-refractivity contribution in [1.82, 2.24) is 10.3 Å². The summed E-state index contributed by atoms with van der Waals surface area (Å²) in [5, 5.41) is 12.7. The van der Waals surface area contributed by atoms with Crippen LogP contribution in [-0.4, -0.2) is 29.1 Å². The van der Waals surface area contributed by atoms with E-state index in [0.717, 1.165) is 11.1 Å². The number of ether oxygens (including phenoxy) is 1. The average Bonchev–Trinajstić information content (AvgIpc) is 2.65. The van der Waals surface area contributed by atoms with Crippen molar-refractivity contribution in [1.29, 1.82) is 0 Å². The molecule has 2 rings (SSSR count). The van der Waals surface area contributed by atoms with Gasteiger partial charge >= 0.3 is 5.97 Å². The number of nitrogens with one attached hydrogen (secondary N) is 1. The Kier molecular flexibility index (Phi) is 6.86. The van der Waals surface area contributed by atoms with Crippen molar-refractivity contribution in [3.8, 4) is 0 Å². The summed E-state index contributed by atoms with van der Waals surface area (Å²) in [6.07, 6.45) is 5.49. The topological polar surface area (TPSA) is 88.5 Å². The number of amides is 1. The molecule has 0 aliphatic carbocycles. The van der Waals surface area contributed by atoms with E-state index in [1.165, 1.54) is 13.2 Å². The monoisotopic (exact) mass is 340 g/mol. The van der Waals surface area contributed by atoms with Crippen LogP contribution in [0.15, 0.2) is 54.9 Å². The number of methoxy groups -OCH3 is 1. The van der Waals surface area contributed by atoms with Crippen molar-refractivity contribution >= 4 is 18.0 Å². The van der Waals surface area contributed by atoms with Crippen LogP contribution in [0.2, 0.25) is 0 Å². The first-order valence-electron chi connectivity index (χ1n) is 7.78. The quantitative estimate of drug-likeness (QED) is 0.594. The number of esters is 1. The van der Waals surface area contributed by atoms with Crippen molar-refractivity contribution < 1.29 is 19.4 Å². The Labute approximate surface area is 146 Å². The van der Waals surface area contributed by atoms with Crippen LogP contribution >= 0.6 is 0 Å². The van der Waals surface area contributed by atoms with Gasteiger partial charge in [0.1, 0.15) is 0 Å². The number of nitrogens with zero attached hydrogens (tertiary/aromatic N) is 1. The summed E-state index contributed by atoms with van der Waals surface area (Å²) in [5.41, 5.74) is 2.35. The Balaban J connectivity index is 1.86. The van der Waals surface area contributed by atoms with E-state index in [-0.39, 0.29) is 12.3 Å². The fourth-order valence-electron chi connectivity index (χ4n) is 2.11. The van der Waals surface area contributed by atoms with Gasteiger partial charge in [-0.1, -0.05) is 30.3 Å². The summed E-state index contributed by atoms with van der Waals surface area (Å²) >= 11 is 0. The number of hydrogen-bond acceptors (Lipinski definition) is 5. The van der Waals surface area contributed by atoms with Gasteiger partial charge < -0.3 is 15.2 Å². The molecule has 2 N–H and O–H groups in total. The lowest BCUT2D eigenvalue weighted by atomic mass is 10.0. The summed E-state index contributed by atoms with van der Waals surface area (Å²) < 4.78 is 4.53. The van der Waals surface area contributed by atoms with Gasteiger partial charge in [0.05, 0.1) is 19.6 Å². The van der Waals surface area contributed by atoms with E-state index < -0.39 is 12.1 Å². The van der Waals surface area contributed by atoms with E-state index in [4.69, 9.17) is 0 Å². The minimum Gasteiger partial charge on any atom is -0.469 e. The van der Waals surface area contributed by atoms with Gasteiger partial charge in [-0.3, -0.25) is 14.6 Å². The summed E-state index contributed by atoms with van der Waals surface area (Å²) in [7, 11) is 1.28. The van der Waals surface area contributed by atoms with E-state index in [2.05, 4.69) is 15.0 Å². The highest BCUT2D eigenvalue weighted by Gasteiger charge is 2.12. The molecule has 130 valence electrons. The number of carbonyl (C=O) groups excluding carboxylic acids is 2. The van der Waals surface area contributed by atoms with Crippen LogP contribution < -0.4 is 5.32 Å². The van der Waals surface area contributed by atoms with Gasteiger partial charge in [0.15, 0.2) is 0 Å². The molecule has 6 heteroatoms. The highest BCUT2D eigenvalue weighted by Crippen LogP contribution is 2.18. The van der Waals surface area contributed by atoms with E-state index in [1.807, 2.05) is 12.1 Å². The van der Waals surface area contributed by atoms with Crippen LogP contribution in [-0.2, 0) is 20.9 Å². The smallest absolute Gasteiger partial charge is 0.308 e. The zero-order valence-electron chi connectivity index (χ0n) is 13.9. The normalized spacial score (nSPS) is 11.9. The molecule has 1 atom stereocenters. The number of rotatable bonds is 7. The Morgan fingerprint density at radius 2 is 2.04 bits per heavy atom. The molecule has 0 bridgehead atoms. The van der Waals surface area contributed by atoms with E-state index in [1.54, 1.807) is 42.7 Å². The third-order valence-electron chi connectivity index (χ3n) is 3.53. The van der Waals surface area contributed by atoms with Crippen molar-refractivity contribution in [2.24, 2.45) is 0 Å². The molecule has 0 saturated heterocycles. The number of hydrogen-bond donors (Lipinski definition) is 2. The Bertz CT molecular complexity index is 727. The molecule has 0 spiro atoms. The van der Waals surface area contributed by atoms with Gasteiger partial charge in [-0.2, -0.15) is 0 Å². The van der Waals surface area contributed by atoms with E-state index in [0.29, 0.717) is 12.1 Å². The standard InChI is InChI=1S/C19H20N2O4/c1-25-19(24)11-17(22)16-7-4-14(5-8-16)6-9-18(23)21-13-15-3-2-10-20-12-15/h2-10,12,17,22H,11,13H2,1H3,(H,21,23). The molecule has 0 radical (unpaired) electrons. The fraction of sp³-hybridized carbons (Fsp3) is 0.211. The fourth-order valence-corrected chi connectivity index (χ4v) is 2.11. The number of aromatic nitrogens is 1. The maximum Gasteiger partial charge on any atom is 0.308 e. The molecular formula is C19H20N2O4. The number of carbonyl (C=O) groups is 2. The second-order valence-electron chi connectivity index (χ2n) is 5.38. The van der Waals surface area contributed by atoms with Gasteiger partial charge in [0, 0.05) is 25.0 Å². The van der Waals surface area contributed by atoms with Crippen molar-refractivity contribution in [3.05, 3.63) is 71.6 Å². The second kappa shape index (κ2) is 9.34. The van der Waals surface area contributed by atoms with E-state index in [9.17, 15) is 14.7 Å². The molecule has 1 amide bonds. The van der Waals surface area contributed by atoms with Crippen LogP contribution in [0.5, 0.6) is 0 Å². The van der Waals surface area contributed by atoms with Gasteiger partial charge in [-0.15, -0.1) is 0 Å². The third kappa shape index (κ3) is 6.19. The van der Waals surface area contributed by atoms with Crippen LogP contribution in [0.25, 0.3) is 6.08 Å². The zero-order chi connectivity index (χ0) is 18.1. The minimum absolute atomic E-state index is 0.0948. The van der Waals surface area contributed by atoms with Crippen LogP contribution in [0.1, 0.15) is 29.2 Å². The molecule has 2 aromatic rings. The van der Waals surface area contributed by atoms with E-state index >= 15 is 0 Å². The van der Waals surface area contributed by atoms with Crippen molar-refractivity contribution in [2.45, 2.75) is 19.1 Å². The number of benzene rings is 1. The van der Waals surface area contributed by atoms with Gasteiger partial charge in [-0.05, 0) is 28.8 Å². The SMILES string of the molecule is COC(=O)CC(O)c1ccc(C=CC(=O)NCc2cccnc2)cc1. The molecule has 0 saturated carbocycles. The molecule has 1 aromatic carbocycles. The lowest BCUT2D eigenvalue weighted by molar-refractivity contribution is -0.142. The zero-order valence-corrected chi connectivity index (χ0v) is 13.9. The predicted octanol–water partition coefficient (Wildman–Crippen LogP) is 2.01. The Hall–Kier alpha value is -2.99. The van der Waals surface area contributed by atoms with Crippen LogP contribution in [0.4, 0.5) is 0 Å². The number of aliphatic hydroxyl groups is 1. The van der Waals surface area contributed by atoms with Crippen LogP contribution in [0, 0.1) is 0 Å². The summed E-state index contributed by atoms with van der Waals surface area (Å²) in [6, 6.07) is 10.6. The maximum absolute atomic E-state index is 11.8. The Morgan fingerprint density at radius 3 is 2.68 bits per heavy atom. The number of aliphatic hydroxyl groups excluding tert-OH is 1. The van der Waals surface area contributed by atoms with Gasteiger partial charge in [0.2, 0.25) is 5.91 Å². The molecular weight excluding hydrogens is 320 g/mol. The highest BCUT2D eigenvalue weighted by molar-refractivity contribution is 5.91. The molecule has 0 fully saturated rings. The molecule has 25 heavy (non-hydrogen) atoms. The van der Waals surface area contributed by atoms with Gasteiger partial charge in [0.25, 0.3) is 0 Å². The first kappa shape index (κ1) is 18.4. The van der Waals surface area contributed by atoms with Crippen LogP contribution in [0.3, 0.4) is 0 Å². The first-order chi connectivity index (χ1) is 12.1. The lowest BCUT2D eigenvalue weighted by Gasteiger charge is -2.09. The third-order valence-corrected chi connectivity index (χ3v) is 3.53. The maximum atomic E-state index is 11.8. The number of pyridine rings is 1. The summed E-state index contributed by atoms with van der Waals surface area (Å²) in [4.78, 5) is 27.0. The second-order valence-corrected chi connectivity index (χ2v) is 5.38. The molecule has 0 aliphatic heterocycles. The summed E-state index contributed by atoms with van der Waals surface area (Å²) in [6.45, 7) is 0.412. The highest BCUT2D eigenvalue weighted by atomic mass is 16.5. The molecule has 0 aliphatic rings. The predicted molar refractivity (Wildman–Crippen MR) is 93.2 cm³/mol. The first-order valence-corrected chi connectivity index (χ1v) is 7.78. The average molecular weight is 340 g/mol. The molecule has 6 nitrogen and oxygen atoms in total. The minimum atomic E-state index is -0.909. The molecule has 1 heterocycles. The largest absolute Gasteiger partial charge is 0.469 e. The lowest BCUT2D eigenvalue weighted by Crippen LogP contribution is -2.20. The summed E-state index contributed by atoms with van der Waals surface area (Å²) in [5.74, 6) is -0.680. The Morgan fingerprint density at radius 1 is 1.28 bits per heavy atom. The molecule has 1 aromatic heterocycles.